The number of pyridine rings is 1. The molecule has 3 aromatic rings. The minimum Gasteiger partial charge on any atom is -0.385 e. The molecule has 3 heterocycles. The highest BCUT2D eigenvalue weighted by Gasteiger charge is 2.17. The second-order valence-electron chi connectivity index (χ2n) is 5.76. The number of nitrogens with one attached hydrogen (secondary N) is 1. The summed E-state index contributed by atoms with van der Waals surface area (Å²) in [6.07, 6.45) is 4.69. The van der Waals surface area contributed by atoms with Crippen molar-refractivity contribution in [3.8, 4) is 11.4 Å². The molecule has 3 aromatic heterocycles. The van der Waals surface area contributed by atoms with Gasteiger partial charge in [-0.1, -0.05) is 6.92 Å². The van der Waals surface area contributed by atoms with E-state index in [1.54, 1.807) is 30.1 Å². The first-order valence-electron chi connectivity index (χ1n) is 8.30. The molecule has 0 saturated heterocycles. The van der Waals surface area contributed by atoms with E-state index in [4.69, 9.17) is 4.74 Å². The minimum absolute atomic E-state index is 0.312. The lowest BCUT2D eigenvalue weighted by Gasteiger charge is -2.10. The molecule has 0 atom stereocenters. The Kier molecular flexibility index (Phi) is 5.08. The Morgan fingerprint density at radius 3 is 2.76 bits per heavy atom. The van der Waals surface area contributed by atoms with Crippen molar-refractivity contribution in [1.29, 1.82) is 0 Å². The van der Waals surface area contributed by atoms with Crippen LogP contribution in [0.5, 0.6) is 0 Å². The molecule has 8 heteroatoms. The van der Waals surface area contributed by atoms with E-state index in [-0.39, 0.29) is 11.2 Å². The maximum Gasteiger partial charge on any atom is 0.332 e. The molecule has 0 amide bonds. The standard InChI is InChI=1S/C17H21N5O3/c1-3-8-21-15-13(16(23)22(17(21)24)9-5-10-25-2)19-14(20-15)12-6-4-7-18-11-12/h4,6-7,11H,3,5,8-10H2,1-2H3,(H,19,20). The molecule has 0 aromatic carbocycles. The zero-order valence-electron chi connectivity index (χ0n) is 14.4. The first kappa shape index (κ1) is 17.1. The van der Waals surface area contributed by atoms with Gasteiger partial charge in [0.05, 0.1) is 0 Å². The lowest BCUT2D eigenvalue weighted by molar-refractivity contribution is 0.189. The monoisotopic (exact) mass is 343 g/mol. The van der Waals surface area contributed by atoms with Crippen LogP contribution in [0.25, 0.3) is 22.6 Å². The van der Waals surface area contributed by atoms with Crippen LogP contribution in [0.4, 0.5) is 0 Å². The summed E-state index contributed by atoms with van der Waals surface area (Å²) in [5, 5.41) is 0. The summed E-state index contributed by atoms with van der Waals surface area (Å²) < 4.78 is 7.83. The largest absolute Gasteiger partial charge is 0.385 e. The fourth-order valence-electron chi connectivity index (χ4n) is 2.80. The highest BCUT2D eigenvalue weighted by atomic mass is 16.5. The van der Waals surface area contributed by atoms with E-state index in [1.807, 2.05) is 13.0 Å². The zero-order chi connectivity index (χ0) is 17.8. The molecule has 25 heavy (non-hydrogen) atoms. The molecule has 0 fully saturated rings. The van der Waals surface area contributed by atoms with Gasteiger partial charge in [-0.05, 0) is 25.0 Å². The van der Waals surface area contributed by atoms with E-state index in [0.29, 0.717) is 43.1 Å². The van der Waals surface area contributed by atoms with Gasteiger partial charge in [0.2, 0.25) is 0 Å². The van der Waals surface area contributed by atoms with Gasteiger partial charge in [0.15, 0.2) is 5.65 Å². The smallest absolute Gasteiger partial charge is 0.332 e. The van der Waals surface area contributed by atoms with Crippen molar-refractivity contribution in [3.05, 3.63) is 45.4 Å². The van der Waals surface area contributed by atoms with E-state index in [0.717, 1.165) is 12.0 Å². The predicted molar refractivity (Wildman–Crippen MR) is 94.6 cm³/mol. The third kappa shape index (κ3) is 3.25. The average molecular weight is 343 g/mol. The van der Waals surface area contributed by atoms with Crippen molar-refractivity contribution in [2.45, 2.75) is 32.9 Å². The molecule has 0 unspecified atom stereocenters. The Morgan fingerprint density at radius 1 is 1.24 bits per heavy atom. The Bertz CT molecular complexity index is 972. The van der Waals surface area contributed by atoms with Crippen molar-refractivity contribution >= 4 is 11.2 Å². The van der Waals surface area contributed by atoms with E-state index < -0.39 is 0 Å². The van der Waals surface area contributed by atoms with Crippen LogP contribution in [0.2, 0.25) is 0 Å². The van der Waals surface area contributed by atoms with Gasteiger partial charge in [0.1, 0.15) is 11.3 Å². The number of aryl methyl sites for hydroxylation is 1. The molecule has 8 nitrogen and oxygen atoms in total. The number of imidazole rings is 1. The molecule has 3 rings (SSSR count). The fourth-order valence-corrected chi connectivity index (χ4v) is 2.80. The van der Waals surface area contributed by atoms with Crippen molar-refractivity contribution < 1.29 is 4.74 Å². The van der Waals surface area contributed by atoms with Crippen LogP contribution >= 0.6 is 0 Å². The number of hydrogen-bond acceptors (Lipinski definition) is 5. The van der Waals surface area contributed by atoms with Crippen LogP contribution in [0, 0.1) is 0 Å². The molecule has 0 spiro atoms. The molecule has 0 aliphatic carbocycles. The number of aromatic amines is 1. The number of methoxy groups -OCH3 is 1. The normalized spacial score (nSPS) is 11.3. The quantitative estimate of drug-likeness (QED) is 0.654. The lowest BCUT2D eigenvalue weighted by Crippen LogP contribution is -2.40. The van der Waals surface area contributed by atoms with Gasteiger partial charge < -0.3 is 9.72 Å². The highest BCUT2D eigenvalue weighted by molar-refractivity contribution is 5.75. The van der Waals surface area contributed by atoms with Gasteiger partial charge in [-0.3, -0.25) is 18.9 Å². The van der Waals surface area contributed by atoms with Gasteiger partial charge in [0.25, 0.3) is 5.56 Å². The third-order valence-electron chi connectivity index (χ3n) is 3.97. The highest BCUT2D eigenvalue weighted by Crippen LogP contribution is 2.17. The molecular formula is C17H21N5O3. The molecule has 0 saturated carbocycles. The zero-order valence-corrected chi connectivity index (χ0v) is 14.4. The van der Waals surface area contributed by atoms with Gasteiger partial charge in [-0.15, -0.1) is 0 Å². The van der Waals surface area contributed by atoms with Crippen LogP contribution in [0.3, 0.4) is 0 Å². The SMILES string of the molecule is CCCn1c(=O)n(CCCOC)c(=O)c2[nH]c(-c3cccnc3)nc21. The summed E-state index contributed by atoms with van der Waals surface area (Å²) in [6, 6.07) is 3.65. The average Bonchev–Trinajstić information content (AvgIpc) is 3.08. The Balaban J connectivity index is 2.19. The third-order valence-corrected chi connectivity index (χ3v) is 3.97. The molecule has 0 aliphatic heterocycles. The lowest BCUT2D eigenvalue weighted by atomic mass is 10.3. The minimum atomic E-state index is -0.355. The van der Waals surface area contributed by atoms with Crippen molar-refractivity contribution in [2.75, 3.05) is 13.7 Å². The fraction of sp³-hybridized carbons (Fsp3) is 0.412. The van der Waals surface area contributed by atoms with Crippen LogP contribution in [0.1, 0.15) is 19.8 Å². The number of aromatic nitrogens is 5. The molecule has 0 aliphatic rings. The Hall–Kier alpha value is -2.74. The van der Waals surface area contributed by atoms with Gasteiger partial charge >= 0.3 is 5.69 Å². The number of nitrogens with zero attached hydrogens (tertiary/aromatic N) is 4. The number of fused-ring (bicyclic) bond motifs is 1. The summed E-state index contributed by atoms with van der Waals surface area (Å²) in [7, 11) is 1.59. The molecule has 1 N–H and O–H groups in total. The Labute approximate surface area is 144 Å². The molecule has 0 bridgehead atoms. The van der Waals surface area contributed by atoms with Gasteiger partial charge in [-0.2, -0.15) is 0 Å². The summed E-state index contributed by atoms with van der Waals surface area (Å²) >= 11 is 0. The Morgan fingerprint density at radius 2 is 2.08 bits per heavy atom. The second kappa shape index (κ2) is 7.43. The summed E-state index contributed by atoms with van der Waals surface area (Å²) in [5.74, 6) is 0.527. The maximum absolute atomic E-state index is 12.8. The number of H-pyrrole nitrogens is 1. The molecular weight excluding hydrogens is 322 g/mol. The van der Waals surface area contributed by atoms with Crippen LogP contribution in [-0.2, 0) is 17.8 Å². The predicted octanol–water partition coefficient (Wildman–Crippen LogP) is 1.39. The number of ether oxygens (including phenoxy) is 1. The van der Waals surface area contributed by atoms with Crippen LogP contribution in [0.15, 0.2) is 34.1 Å². The van der Waals surface area contributed by atoms with E-state index in [2.05, 4.69) is 15.0 Å². The van der Waals surface area contributed by atoms with Crippen molar-refractivity contribution in [2.24, 2.45) is 0 Å². The van der Waals surface area contributed by atoms with E-state index in [1.165, 1.54) is 4.57 Å². The molecule has 0 radical (unpaired) electrons. The topological polar surface area (TPSA) is 94.8 Å². The van der Waals surface area contributed by atoms with Crippen LogP contribution in [-0.4, -0.2) is 37.8 Å². The summed E-state index contributed by atoms with van der Waals surface area (Å²) in [6.45, 7) is 3.28. The van der Waals surface area contributed by atoms with E-state index in [9.17, 15) is 9.59 Å². The van der Waals surface area contributed by atoms with Gasteiger partial charge in [0, 0.05) is 44.8 Å². The first-order chi connectivity index (χ1) is 12.2. The number of hydrogen-bond donors (Lipinski definition) is 1. The summed E-state index contributed by atoms with van der Waals surface area (Å²) in [5.41, 5.74) is 0.799. The van der Waals surface area contributed by atoms with Crippen LogP contribution < -0.4 is 11.2 Å². The maximum atomic E-state index is 12.8. The van der Waals surface area contributed by atoms with Crippen molar-refractivity contribution in [3.63, 3.8) is 0 Å². The van der Waals surface area contributed by atoms with E-state index >= 15 is 0 Å². The summed E-state index contributed by atoms with van der Waals surface area (Å²) in [4.78, 5) is 37.1. The first-order valence-corrected chi connectivity index (χ1v) is 8.30. The second-order valence-corrected chi connectivity index (χ2v) is 5.76. The molecule has 132 valence electrons. The van der Waals surface area contributed by atoms with Crippen molar-refractivity contribution in [1.82, 2.24) is 24.1 Å². The van der Waals surface area contributed by atoms with Gasteiger partial charge in [-0.25, -0.2) is 9.78 Å². The number of rotatable bonds is 7.